The number of carbonyl (C=O) groups excluding carboxylic acids is 2. The molecule has 0 aliphatic carbocycles. The standard InChI is InChI=1S/C14H19N3O4/c1-2-15-12(18)9-17-14(21)16-8-7-10-5-3-4-6-11(10)13(19)20/h3-6H,2,7-9H2,1H3,(H,15,18)(H,19,20)(H2,16,17,21). The first-order chi connectivity index (χ1) is 10.0. The molecule has 0 aliphatic rings. The molecule has 0 atom stereocenters. The molecule has 4 N–H and O–H groups in total. The van der Waals surface area contributed by atoms with Crippen LogP contribution in [0.25, 0.3) is 0 Å². The van der Waals surface area contributed by atoms with E-state index in [0.717, 1.165) is 0 Å². The number of rotatable bonds is 7. The normalized spacial score (nSPS) is 9.76. The van der Waals surface area contributed by atoms with E-state index in [4.69, 9.17) is 5.11 Å². The van der Waals surface area contributed by atoms with Gasteiger partial charge in [-0.05, 0) is 25.0 Å². The van der Waals surface area contributed by atoms with Gasteiger partial charge < -0.3 is 21.1 Å². The second kappa shape index (κ2) is 8.57. The number of amides is 3. The topological polar surface area (TPSA) is 108 Å². The van der Waals surface area contributed by atoms with Crippen molar-refractivity contribution in [2.24, 2.45) is 0 Å². The molecule has 0 aromatic heterocycles. The number of aromatic carboxylic acids is 1. The highest BCUT2D eigenvalue weighted by Crippen LogP contribution is 2.08. The minimum atomic E-state index is -0.994. The van der Waals surface area contributed by atoms with Gasteiger partial charge in [0.25, 0.3) is 0 Å². The Morgan fingerprint density at radius 3 is 2.48 bits per heavy atom. The number of urea groups is 1. The van der Waals surface area contributed by atoms with Gasteiger partial charge in [-0.25, -0.2) is 9.59 Å². The quantitative estimate of drug-likeness (QED) is 0.582. The summed E-state index contributed by atoms with van der Waals surface area (Å²) in [5.41, 5.74) is 0.871. The number of hydrogen-bond donors (Lipinski definition) is 4. The maximum Gasteiger partial charge on any atom is 0.335 e. The molecule has 1 aromatic rings. The first-order valence-corrected chi connectivity index (χ1v) is 6.64. The zero-order chi connectivity index (χ0) is 15.7. The van der Waals surface area contributed by atoms with Gasteiger partial charge >= 0.3 is 12.0 Å². The Labute approximate surface area is 122 Å². The number of carbonyl (C=O) groups is 3. The van der Waals surface area contributed by atoms with Gasteiger partial charge in [0, 0.05) is 13.1 Å². The number of hydrogen-bond acceptors (Lipinski definition) is 3. The first kappa shape index (κ1) is 16.5. The van der Waals surface area contributed by atoms with Crippen LogP contribution >= 0.6 is 0 Å². The molecule has 0 spiro atoms. The average Bonchev–Trinajstić information content (AvgIpc) is 2.46. The van der Waals surface area contributed by atoms with Crippen LogP contribution < -0.4 is 16.0 Å². The molecule has 0 fully saturated rings. The predicted octanol–water partition coefficient (Wildman–Crippen LogP) is 0.363. The Hall–Kier alpha value is -2.57. The van der Waals surface area contributed by atoms with Crippen LogP contribution in [0.15, 0.2) is 24.3 Å². The van der Waals surface area contributed by atoms with Crippen molar-refractivity contribution < 1.29 is 19.5 Å². The van der Waals surface area contributed by atoms with Gasteiger partial charge in [-0.3, -0.25) is 4.79 Å². The largest absolute Gasteiger partial charge is 0.478 e. The molecule has 0 heterocycles. The van der Waals surface area contributed by atoms with Gasteiger partial charge in [0.1, 0.15) is 0 Å². The summed E-state index contributed by atoms with van der Waals surface area (Å²) >= 11 is 0. The van der Waals surface area contributed by atoms with Gasteiger partial charge in [0.2, 0.25) is 5.91 Å². The molecule has 0 bridgehead atoms. The molecule has 0 aliphatic heterocycles. The van der Waals surface area contributed by atoms with E-state index in [0.29, 0.717) is 18.5 Å². The number of carboxylic acid groups (broad SMARTS) is 1. The van der Waals surface area contributed by atoms with Gasteiger partial charge in [-0.1, -0.05) is 18.2 Å². The van der Waals surface area contributed by atoms with E-state index in [9.17, 15) is 14.4 Å². The van der Waals surface area contributed by atoms with Crippen molar-refractivity contribution in [1.29, 1.82) is 0 Å². The van der Waals surface area contributed by atoms with Gasteiger partial charge in [0.05, 0.1) is 12.1 Å². The summed E-state index contributed by atoms with van der Waals surface area (Å²) < 4.78 is 0. The number of nitrogens with one attached hydrogen (secondary N) is 3. The third-order valence-electron chi connectivity index (χ3n) is 2.71. The average molecular weight is 293 g/mol. The van der Waals surface area contributed by atoms with Crippen LogP contribution in [0.1, 0.15) is 22.8 Å². The second-order valence-corrected chi connectivity index (χ2v) is 4.28. The van der Waals surface area contributed by atoms with E-state index in [1.165, 1.54) is 6.07 Å². The van der Waals surface area contributed by atoms with Crippen LogP contribution in [0, 0.1) is 0 Å². The highest BCUT2D eigenvalue weighted by Gasteiger charge is 2.09. The van der Waals surface area contributed by atoms with Crippen molar-refractivity contribution in [3.05, 3.63) is 35.4 Å². The fourth-order valence-corrected chi connectivity index (χ4v) is 1.74. The van der Waals surface area contributed by atoms with Crippen molar-refractivity contribution in [2.75, 3.05) is 19.6 Å². The van der Waals surface area contributed by atoms with Crippen molar-refractivity contribution in [2.45, 2.75) is 13.3 Å². The van der Waals surface area contributed by atoms with Crippen LogP contribution in [0.3, 0.4) is 0 Å². The Bertz CT molecular complexity index is 517. The fourth-order valence-electron chi connectivity index (χ4n) is 1.74. The van der Waals surface area contributed by atoms with Crippen molar-refractivity contribution >= 4 is 17.9 Å². The summed E-state index contributed by atoms with van der Waals surface area (Å²) in [6, 6.07) is 6.16. The maximum absolute atomic E-state index is 11.4. The minimum absolute atomic E-state index is 0.0919. The van der Waals surface area contributed by atoms with Crippen LogP contribution in [0.5, 0.6) is 0 Å². The number of benzene rings is 1. The molecular formula is C14H19N3O4. The molecular weight excluding hydrogens is 274 g/mol. The lowest BCUT2D eigenvalue weighted by Crippen LogP contribution is -2.42. The summed E-state index contributed by atoms with van der Waals surface area (Å²) in [4.78, 5) is 33.6. The zero-order valence-corrected chi connectivity index (χ0v) is 11.8. The lowest BCUT2D eigenvalue weighted by molar-refractivity contribution is -0.119. The molecule has 0 saturated heterocycles. The molecule has 0 unspecified atom stereocenters. The minimum Gasteiger partial charge on any atom is -0.478 e. The van der Waals surface area contributed by atoms with Crippen LogP contribution in [0.2, 0.25) is 0 Å². The molecule has 21 heavy (non-hydrogen) atoms. The lowest BCUT2D eigenvalue weighted by Gasteiger charge is -2.09. The Balaban J connectivity index is 2.35. The highest BCUT2D eigenvalue weighted by molar-refractivity contribution is 5.89. The van der Waals surface area contributed by atoms with Gasteiger partial charge in [-0.15, -0.1) is 0 Å². The molecule has 1 rings (SSSR count). The summed E-state index contributed by atoms with van der Waals surface area (Å²) in [5, 5.41) is 16.6. The van der Waals surface area contributed by atoms with Crippen LogP contribution in [0.4, 0.5) is 4.79 Å². The molecule has 7 heteroatoms. The van der Waals surface area contributed by atoms with Crippen molar-refractivity contribution in [3.8, 4) is 0 Å². The summed E-state index contributed by atoms with van der Waals surface area (Å²) in [6.45, 7) is 2.49. The monoisotopic (exact) mass is 293 g/mol. The summed E-state index contributed by atoms with van der Waals surface area (Å²) in [6.07, 6.45) is 0.400. The zero-order valence-electron chi connectivity index (χ0n) is 11.8. The van der Waals surface area contributed by atoms with Crippen LogP contribution in [-0.2, 0) is 11.2 Å². The third-order valence-corrected chi connectivity index (χ3v) is 2.71. The smallest absolute Gasteiger partial charge is 0.335 e. The molecule has 1 aromatic carbocycles. The Kier molecular flexibility index (Phi) is 6.73. The van der Waals surface area contributed by atoms with Gasteiger partial charge in [-0.2, -0.15) is 0 Å². The highest BCUT2D eigenvalue weighted by atomic mass is 16.4. The number of carboxylic acids is 1. The molecule has 3 amide bonds. The van der Waals surface area contributed by atoms with E-state index >= 15 is 0 Å². The van der Waals surface area contributed by atoms with Crippen LogP contribution in [-0.4, -0.2) is 42.6 Å². The van der Waals surface area contributed by atoms with E-state index in [1.54, 1.807) is 25.1 Å². The van der Waals surface area contributed by atoms with Crippen molar-refractivity contribution in [3.63, 3.8) is 0 Å². The maximum atomic E-state index is 11.4. The van der Waals surface area contributed by atoms with E-state index in [1.807, 2.05) is 0 Å². The SMILES string of the molecule is CCNC(=O)CNC(=O)NCCc1ccccc1C(=O)O. The summed E-state index contributed by atoms with van der Waals surface area (Å²) in [5.74, 6) is -1.25. The van der Waals surface area contributed by atoms with Gasteiger partial charge in [0.15, 0.2) is 0 Å². The van der Waals surface area contributed by atoms with E-state index in [-0.39, 0.29) is 24.6 Å². The summed E-state index contributed by atoms with van der Waals surface area (Å²) in [7, 11) is 0. The molecule has 114 valence electrons. The van der Waals surface area contributed by atoms with Crippen molar-refractivity contribution in [1.82, 2.24) is 16.0 Å². The second-order valence-electron chi connectivity index (χ2n) is 4.28. The van der Waals surface area contributed by atoms with E-state index < -0.39 is 12.0 Å². The first-order valence-electron chi connectivity index (χ1n) is 6.64. The lowest BCUT2D eigenvalue weighted by atomic mass is 10.0. The molecule has 0 saturated carbocycles. The van der Waals surface area contributed by atoms with E-state index in [2.05, 4.69) is 16.0 Å². The third kappa shape index (κ3) is 5.94. The fraction of sp³-hybridized carbons (Fsp3) is 0.357. The Morgan fingerprint density at radius 1 is 1.10 bits per heavy atom. The predicted molar refractivity (Wildman–Crippen MR) is 77.2 cm³/mol. The molecule has 0 radical (unpaired) electrons. The molecule has 7 nitrogen and oxygen atoms in total. The number of likely N-dealkylation sites (N-methyl/N-ethyl adjacent to an activating group) is 1. The Morgan fingerprint density at radius 2 is 1.81 bits per heavy atom.